The zero-order valence-corrected chi connectivity index (χ0v) is 9.71. The van der Waals surface area contributed by atoms with Crippen LogP contribution < -0.4 is 5.32 Å². The topological polar surface area (TPSA) is 29.1 Å². The summed E-state index contributed by atoms with van der Waals surface area (Å²) in [6, 6.07) is 8.05. The van der Waals surface area contributed by atoms with Crippen LogP contribution in [0.3, 0.4) is 0 Å². The molecule has 0 bridgehead atoms. The van der Waals surface area contributed by atoms with Crippen LogP contribution in [-0.2, 0) is 11.2 Å². The van der Waals surface area contributed by atoms with Gasteiger partial charge in [0.05, 0.1) is 0 Å². The second kappa shape index (κ2) is 5.54. The maximum absolute atomic E-state index is 11.6. The van der Waals surface area contributed by atoms with Crippen molar-refractivity contribution in [3.05, 3.63) is 29.8 Å². The number of Topliss-reactive ketones (excluding diaryl/α,β-unsaturated/α-hetero) is 1. The van der Waals surface area contributed by atoms with Gasteiger partial charge in [-0.05, 0) is 24.6 Å². The van der Waals surface area contributed by atoms with Gasteiger partial charge in [0.2, 0.25) is 0 Å². The van der Waals surface area contributed by atoms with Gasteiger partial charge in [0.15, 0.2) is 0 Å². The molecule has 0 atom stereocenters. The maximum Gasteiger partial charge on any atom is 0.139 e. The molecule has 0 radical (unpaired) electrons. The van der Waals surface area contributed by atoms with Crippen LogP contribution in [0.2, 0.25) is 0 Å². The molecule has 0 spiro atoms. The molecule has 1 N–H and O–H groups in total. The van der Waals surface area contributed by atoms with Gasteiger partial charge in [-0.15, -0.1) is 0 Å². The van der Waals surface area contributed by atoms with Gasteiger partial charge in [0.25, 0.3) is 0 Å². The summed E-state index contributed by atoms with van der Waals surface area (Å²) in [5.41, 5.74) is 2.18. The zero-order valence-electron chi connectivity index (χ0n) is 9.71. The molecular formula is C13H19NO. The van der Waals surface area contributed by atoms with Crippen LogP contribution in [0, 0.1) is 5.92 Å². The van der Waals surface area contributed by atoms with Crippen molar-refractivity contribution in [1.82, 2.24) is 0 Å². The molecule has 2 nitrogen and oxygen atoms in total. The number of benzene rings is 1. The summed E-state index contributed by atoms with van der Waals surface area (Å²) in [5.74, 6) is 0.413. The Bertz CT molecular complexity index is 331. The summed E-state index contributed by atoms with van der Waals surface area (Å²) in [6.07, 6.45) is 0.539. The van der Waals surface area contributed by atoms with E-state index in [1.54, 1.807) is 0 Å². The summed E-state index contributed by atoms with van der Waals surface area (Å²) in [7, 11) is 0. The first-order valence-electron chi connectivity index (χ1n) is 5.49. The van der Waals surface area contributed by atoms with E-state index in [-0.39, 0.29) is 5.92 Å². The average molecular weight is 205 g/mol. The van der Waals surface area contributed by atoms with Gasteiger partial charge in [0.1, 0.15) is 5.78 Å². The van der Waals surface area contributed by atoms with Gasteiger partial charge in [-0.25, -0.2) is 0 Å². The van der Waals surface area contributed by atoms with Crippen LogP contribution in [0.5, 0.6) is 0 Å². The third-order valence-corrected chi connectivity index (χ3v) is 2.33. The van der Waals surface area contributed by atoms with E-state index in [4.69, 9.17) is 0 Å². The number of rotatable bonds is 5. The predicted octanol–water partition coefficient (Wildman–Crippen LogP) is 2.89. The van der Waals surface area contributed by atoms with Gasteiger partial charge >= 0.3 is 0 Å². The number of hydrogen-bond acceptors (Lipinski definition) is 2. The van der Waals surface area contributed by atoms with Crippen molar-refractivity contribution in [2.45, 2.75) is 27.2 Å². The summed E-state index contributed by atoms with van der Waals surface area (Å²) in [4.78, 5) is 11.6. The second-order valence-corrected chi connectivity index (χ2v) is 4.03. The van der Waals surface area contributed by atoms with Crippen LogP contribution in [-0.4, -0.2) is 12.3 Å². The maximum atomic E-state index is 11.6. The molecule has 82 valence electrons. The Morgan fingerprint density at radius 2 is 2.13 bits per heavy atom. The lowest BCUT2D eigenvalue weighted by Crippen LogP contribution is -2.10. The quantitative estimate of drug-likeness (QED) is 0.800. The molecule has 0 saturated heterocycles. The van der Waals surface area contributed by atoms with Crippen LogP contribution in [0.4, 0.5) is 5.69 Å². The minimum absolute atomic E-state index is 0.118. The highest BCUT2D eigenvalue weighted by Gasteiger charge is 2.08. The van der Waals surface area contributed by atoms with E-state index >= 15 is 0 Å². The smallest absolute Gasteiger partial charge is 0.139 e. The number of anilines is 1. The molecule has 15 heavy (non-hydrogen) atoms. The Morgan fingerprint density at radius 3 is 2.73 bits per heavy atom. The molecule has 0 aromatic heterocycles. The summed E-state index contributed by atoms with van der Waals surface area (Å²) in [5, 5.41) is 3.24. The first-order chi connectivity index (χ1) is 7.13. The molecule has 0 saturated carbocycles. The second-order valence-electron chi connectivity index (χ2n) is 4.03. The lowest BCUT2D eigenvalue weighted by Gasteiger charge is -2.07. The summed E-state index contributed by atoms with van der Waals surface area (Å²) >= 11 is 0. The van der Waals surface area contributed by atoms with Crippen molar-refractivity contribution in [3.8, 4) is 0 Å². The molecule has 2 heteroatoms. The molecular weight excluding hydrogens is 186 g/mol. The standard InChI is InChI=1S/C13H19NO/c1-4-14-12-7-5-6-11(8-12)9-13(15)10(2)3/h5-8,10,14H,4,9H2,1-3H3. The van der Waals surface area contributed by atoms with E-state index in [0.717, 1.165) is 17.8 Å². The van der Waals surface area contributed by atoms with Gasteiger partial charge in [-0.2, -0.15) is 0 Å². The Balaban J connectivity index is 2.69. The van der Waals surface area contributed by atoms with E-state index in [1.165, 1.54) is 0 Å². The van der Waals surface area contributed by atoms with E-state index < -0.39 is 0 Å². The van der Waals surface area contributed by atoms with Crippen LogP contribution >= 0.6 is 0 Å². The fourth-order valence-corrected chi connectivity index (χ4v) is 1.40. The fraction of sp³-hybridized carbons (Fsp3) is 0.462. The number of carbonyl (C=O) groups is 1. The van der Waals surface area contributed by atoms with Crippen molar-refractivity contribution in [3.63, 3.8) is 0 Å². The monoisotopic (exact) mass is 205 g/mol. The molecule has 1 aromatic carbocycles. The lowest BCUT2D eigenvalue weighted by molar-refractivity contribution is -0.121. The molecule has 0 aliphatic heterocycles. The lowest BCUT2D eigenvalue weighted by atomic mass is 10.0. The predicted molar refractivity (Wildman–Crippen MR) is 64.2 cm³/mol. The Labute approximate surface area is 91.7 Å². The fourth-order valence-electron chi connectivity index (χ4n) is 1.40. The molecule has 1 rings (SSSR count). The van der Waals surface area contributed by atoms with Crippen LogP contribution in [0.15, 0.2) is 24.3 Å². The molecule has 0 unspecified atom stereocenters. The number of carbonyl (C=O) groups excluding carboxylic acids is 1. The number of hydrogen-bond donors (Lipinski definition) is 1. The Kier molecular flexibility index (Phi) is 4.35. The summed E-state index contributed by atoms with van der Waals surface area (Å²) < 4.78 is 0. The van der Waals surface area contributed by atoms with Crippen molar-refractivity contribution >= 4 is 11.5 Å². The molecule has 0 amide bonds. The van der Waals surface area contributed by atoms with Crippen molar-refractivity contribution in [1.29, 1.82) is 0 Å². The van der Waals surface area contributed by atoms with Gasteiger partial charge in [-0.3, -0.25) is 4.79 Å². The molecule has 0 aliphatic carbocycles. The molecule has 1 aromatic rings. The van der Waals surface area contributed by atoms with Crippen LogP contribution in [0.25, 0.3) is 0 Å². The molecule has 0 heterocycles. The first-order valence-corrected chi connectivity index (χ1v) is 5.49. The summed E-state index contributed by atoms with van der Waals surface area (Å²) in [6.45, 7) is 6.85. The van der Waals surface area contributed by atoms with Crippen LogP contribution in [0.1, 0.15) is 26.3 Å². The van der Waals surface area contributed by atoms with Gasteiger partial charge < -0.3 is 5.32 Å². The van der Waals surface area contributed by atoms with E-state index in [2.05, 4.69) is 12.2 Å². The minimum atomic E-state index is 0.118. The highest BCUT2D eigenvalue weighted by molar-refractivity contribution is 5.82. The minimum Gasteiger partial charge on any atom is -0.385 e. The van der Waals surface area contributed by atoms with Crippen molar-refractivity contribution in [2.75, 3.05) is 11.9 Å². The van der Waals surface area contributed by atoms with E-state index in [1.807, 2.05) is 38.1 Å². The van der Waals surface area contributed by atoms with Crippen molar-refractivity contribution in [2.24, 2.45) is 5.92 Å². The Hall–Kier alpha value is -1.31. The van der Waals surface area contributed by atoms with Gasteiger partial charge in [-0.1, -0.05) is 26.0 Å². The highest BCUT2D eigenvalue weighted by atomic mass is 16.1. The highest BCUT2D eigenvalue weighted by Crippen LogP contribution is 2.12. The van der Waals surface area contributed by atoms with Crippen molar-refractivity contribution < 1.29 is 4.79 Å². The zero-order chi connectivity index (χ0) is 11.3. The SMILES string of the molecule is CCNc1cccc(CC(=O)C(C)C)c1. The van der Waals surface area contributed by atoms with E-state index in [0.29, 0.717) is 12.2 Å². The largest absolute Gasteiger partial charge is 0.385 e. The molecule has 0 fully saturated rings. The Morgan fingerprint density at radius 1 is 1.40 bits per heavy atom. The number of ketones is 1. The first kappa shape index (κ1) is 11.8. The normalized spacial score (nSPS) is 10.4. The third kappa shape index (κ3) is 3.74. The van der Waals surface area contributed by atoms with Gasteiger partial charge in [0, 0.05) is 24.6 Å². The average Bonchev–Trinajstić information content (AvgIpc) is 2.18. The molecule has 0 aliphatic rings. The number of nitrogens with one attached hydrogen (secondary N) is 1. The third-order valence-electron chi connectivity index (χ3n) is 2.33. The van der Waals surface area contributed by atoms with E-state index in [9.17, 15) is 4.79 Å².